The Bertz CT molecular complexity index is 866. The van der Waals surface area contributed by atoms with Gasteiger partial charge in [0.05, 0.1) is 11.8 Å². The number of carbonyl (C=O) groups is 1. The van der Waals surface area contributed by atoms with Gasteiger partial charge in [-0.1, -0.05) is 24.3 Å². The summed E-state index contributed by atoms with van der Waals surface area (Å²) in [5.41, 5.74) is 1.32. The van der Waals surface area contributed by atoms with Crippen molar-refractivity contribution in [1.82, 2.24) is 9.88 Å². The van der Waals surface area contributed by atoms with Crippen molar-refractivity contribution >= 4 is 5.91 Å². The first kappa shape index (κ1) is 16.5. The second kappa shape index (κ2) is 7.49. The molecular weight excluding hydrogens is 316 g/mol. The molecule has 0 unspecified atom stereocenters. The third-order valence-corrected chi connectivity index (χ3v) is 3.66. The monoisotopic (exact) mass is 334 g/mol. The number of ether oxygens (including phenoxy) is 1. The Hall–Kier alpha value is -3.34. The van der Waals surface area contributed by atoms with Gasteiger partial charge in [-0.3, -0.25) is 9.78 Å². The number of aromatic hydroxyl groups is 1. The third-order valence-electron chi connectivity index (χ3n) is 3.66. The Labute approximate surface area is 146 Å². The van der Waals surface area contributed by atoms with Crippen LogP contribution in [-0.4, -0.2) is 27.9 Å². The highest BCUT2D eigenvalue weighted by Crippen LogP contribution is 2.26. The molecule has 0 fully saturated rings. The molecule has 1 N–H and O–H groups in total. The van der Waals surface area contributed by atoms with Crippen LogP contribution in [0.3, 0.4) is 0 Å². The van der Waals surface area contributed by atoms with Crippen LogP contribution in [0, 0.1) is 0 Å². The van der Waals surface area contributed by atoms with Gasteiger partial charge in [-0.25, -0.2) is 0 Å². The van der Waals surface area contributed by atoms with Crippen molar-refractivity contribution in [2.24, 2.45) is 0 Å². The van der Waals surface area contributed by atoms with Crippen LogP contribution in [0.5, 0.6) is 17.2 Å². The normalized spacial score (nSPS) is 10.3. The predicted octanol–water partition coefficient (Wildman–Crippen LogP) is 3.85. The zero-order valence-electron chi connectivity index (χ0n) is 13.8. The summed E-state index contributed by atoms with van der Waals surface area (Å²) in [4.78, 5) is 18.4. The van der Waals surface area contributed by atoms with E-state index in [2.05, 4.69) is 4.98 Å². The predicted molar refractivity (Wildman–Crippen MR) is 94.7 cm³/mol. The van der Waals surface area contributed by atoms with Gasteiger partial charge in [0.2, 0.25) is 0 Å². The molecule has 1 amide bonds. The molecule has 5 heteroatoms. The Morgan fingerprint density at radius 3 is 2.72 bits per heavy atom. The number of benzene rings is 2. The summed E-state index contributed by atoms with van der Waals surface area (Å²) in [6, 6.07) is 17.5. The van der Waals surface area contributed by atoms with Crippen molar-refractivity contribution in [3.8, 4) is 17.2 Å². The van der Waals surface area contributed by atoms with E-state index in [1.165, 1.54) is 0 Å². The summed E-state index contributed by atoms with van der Waals surface area (Å²) in [5, 5.41) is 9.56. The van der Waals surface area contributed by atoms with Crippen LogP contribution in [-0.2, 0) is 6.54 Å². The molecule has 0 saturated heterocycles. The lowest BCUT2D eigenvalue weighted by Crippen LogP contribution is -2.26. The first-order valence-corrected chi connectivity index (χ1v) is 7.84. The van der Waals surface area contributed by atoms with Crippen molar-refractivity contribution in [2.75, 3.05) is 7.05 Å². The zero-order valence-corrected chi connectivity index (χ0v) is 13.8. The number of pyridine rings is 1. The third kappa shape index (κ3) is 4.14. The Morgan fingerprint density at radius 2 is 1.96 bits per heavy atom. The summed E-state index contributed by atoms with van der Waals surface area (Å²) < 4.78 is 5.80. The van der Waals surface area contributed by atoms with Crippen molar-refractivity contribution in [3.05, 3.63) is 84.2 Å². The van der Waals surface area contributed by atoms with Crippen molar-refractivity contribution in [3.63, 3.8) is 0 Å². The van der Waals surface area contributed by atoms with Crippen LogP contribution in [0.1, 0.15) is 15.9 Å². The van der Waals surface area contributed by atoms with Crippen LogP contribution in [0.4, 0.5) is 0 Å². The Balaban J connectivity index is 1.79. The van der Waals surface area contributed by atoms with Gasteiger partial charge in [0, 0.05) is 19.8 Å². The minimum absolute atomic E-state index is 0.164. The molecule has 1 aromatic heterocycles. The van der Waals surface area contributed by atoms with Crippen LogP contribution >= 0.6 is 0 Å². The van der Waals surface area contributed by atoms with E-state index in [4.69, 9.17) is 4.74 Å². The Kier molecular flexibility index (Phi) is 4.95. The standard InChI is InChI=1S/C20H18N2O3/c1-22(14-15-6-4-7-16(23)12-15)20(24)18-9-2-3-10-19(18)25-17-8-5-11-21-13-17/h2-13,23H,14H2,1H3. The molecule has 0 radical (unpaired) electrons. The maximum atomic E-state index is 12.8. The average molecular weight is 334 g/mol. The van der Waals surface area contributed by atoms with Gasteiger partial charge < -0.3 is 14.7 Å². The molecule has 2 aromatic carbocycles. The number of carbonyl (C=O) groups excluding carboxylic acids is 1. The highest BCUT2D eigenvalue weighted by molar-refractivity contribution is 5.96. The molecule has 0 bridgehead atoms. The molecular formula is C20H18N2O3. The molecule has 126 valence electrons. The number of phenolic OH excluding ortho intramolecular Hbond substituents is 1. The van der Waals surface area contributed by atoms with Crippen molar-refractivity contribution in [2.45, 2.75) is 6.54 Å². The molecule has 5 nitrogen and oxygen atoms in total. The van der Waals surface area contributed by atoms with Gasteiger partial charge in [-0.2, -0.15) is 0 Å². The van der Waals surface area contributed by atoms with Crippen molar-refractivity contribution < 1.29 is 14.6 Å². The van der Waals surface area contributed by atoms with E-state index < -0.39 is 0 Å². The molecule has 0 saturated carbocycles. The lowest BCUT2D eigenvalue weighted by atomic mass is 10.1. The first-order valence-electron chi connectivity index (χ1n) is 7.84. The topological polar surface area (TPSA) is 62.7 Å². The highest BCUT2D eigenvalue weighted by atomic mass is 16.5. The first-order chi connectivity index (χ1) is 12.1. The molecule has 0 aliphatic carbocycles. The second-order valence-corrected chi connectivity index (χ2v) is 5.62. The summed E-state index contributed by atoms with van der Waals surface area (Å²) >= 11 is 0. The van der Waals surface area contributed by atoms with Crippen molar-refractivity contribution in [1.29, 1.82) is 0 Å². The maximum absolute atomic E-state index is 12.8. The van der Waals surface area contributed by atoms with E-state index in [0.29, 0.717) is 23.6 Å². The molecule has 3 aromatic rings. The van der Waals surface area contributed by atoms with Crippen LogP contribution in [0.2, 0.25) is 0 Å². The minimum Gasteiger partial charge on any atom is -0.508 e. The van der Waals surface area contributed by atoms with Crippen LogP contribution in [0.15, 0.2) is 73.1 Å². The number of aromatic nitrogens is 1. The molecule has 3 rings (SSSR count). The second-order valence-electron chi connectivity index (χ2n) is 5.62. The fraction of sp³-hybridized carbons (Fsp3) is 0.100. The van der Waals surface area contributed by atoms with E-state index in [0.717, 1.165) is 5.56 Å². The summed E-state index contributed by atoms with van der Waals surface area (Å²) in [7, 11) is 1.72. The van der Waals surface area contributed by atoms with Gasteiger partial charge in [0.15, 0.2) is 0 Å². The lowest BCUT2D eigenvalue weighted by molar-refractivity contribution is 0.0782. The molecule has 0 aliphatic rings. The number of hydrogen-bond acceptors (Lipinski definition) is 4. The van der Waals surface area contributed by atoms with Gasteiger partial charge >= 0.3 is 0 Å². The minimum atomic E-state index is -0.164. The number of amides is 1. The van der Waals surface area contributed by atoms with E-state index >= 15 is 0 Å². The van der Waals surface area contributed by atoms with E-state index in [9.17, 15) is 9.90 Å². The number of hydrogen-bond donors (Lipinski definition) is 1. The Morgan fingerprint density at radius 1 is 1.12 bits per heavy atom. The molecule has 25 heavy (non-hydrogen) atoms. The van der Waals surface area contributed by atoms with Crippen LogP contribution in [0.25, 0.3) is 0 Å². The fourth-order valence-corrected chi connectivity index (χ4v) is 2.47. The molecule has 0 atom stereocenters. The quantitative estimate of drug-likeness (QED) is 0.770. The van der Waals surface area contributed by atoms with Gasteiger partial charge in [-0.05, 0) is 42.0 Å². The van der Waals surface area contributed by atoms with Gasteiger partial charge in [-0.15, -0.1) is 0 Å². The largest absolute Gasteiger partial charge is 0.508 e. The lowest BCUT2D eigenvalue weighted by Gasteiger charge is -2.19. The van der Waals surface area contributed by atoms with E-state index in [1.54, 1.807) is 72.9 Å². The van der Waals surface area contributed by atoms with Crippen LogP contribution < -0.4 is 4.74 Å². The molecule has 0 aliphatic heterocycles. The summed E-state index contributed by atoms with van der Waals surface area (Å²) in [5.74, 6) is 1.06. The average Bonchev–Trinajstić information content (AvgIpc) is 2.62. The zero-order chi connectivity index (χ0) is 17.6. The summed E-state index contributed by atoms with van der Waals surface area (Å²) in [6.45, 7) is 0.383. The number of para-hydroxylation sites is 1. The maximum Gasteiger partial charge on any atom is 0.257 e. The van der Waals surface area contributed by atoms with E-state index in [1.807, 2.05) is 12.1 Å². The summed E-state index contributed by atoms with van der Waals surface area (Å²) in [6.07, 6.45) is 3.25. The van der Waals surface area contributed by atoms with Gasteiger partial charge in [0.25, 0.3) is 5.91 Å². The number of phenols is 1. The number of rotatable bonds is 5. The smallest absolute Gasteiger partial charge is 0.257 e. The molecule has 0 spiro atoms. The SMILES string of the molecule is CN(Cc1cccc(O)c1)C(=O)c1ccccc1Oc1cccnc1. The van der Waals surface area contributed by atoms with Gasteiger partial charge in [0.1, 0.15) is 17.2 Å². The molecule has 1 heterocycles. The fourth-order valence-electron chi connectivity index (χ4n) is 2.47. The highest BCUT2D eigenvalue weighted by Gasteiger charge is 2.17. The van der Waals surface area contributed by atoms with E-state index in [-0.39, 0.29) is 11.7 Å². The number of nitrogens with zero attached hydrogens (tertiary/aromatic N) is 2.